The fourth-order valence-electron chi connectivity index (χ4n) is 2.52. The molecule has 1 fully saturated rings. The molecule has 2 aromatic rings. The second-order valence-corrected chi connectivity index (χ2v) is 7.19. The van der Waals surface area contributed by atoms with Crippen molar-refractivity contribution in [3.8, 4) is 0 Å². The lowest BCUT2D eigenvalue weighted by molar-refractivity contribution is -0.122. The van der Waals surface area contributed by atoms with Gasteiger partial charge in [-0.15, -0.1) is 11.3 Å². The van der Waals surface area contributed by atoms with Crippen LogP contribution in [-0.2, 0) is 9.59 Å². The van der Waals surface area contributed by atoms with E-state index < -0.39 is 17.8 Å². The average molecular weight is 361 g/mol. The molecule has 0 bridgehead atoms. The van der Waals surface area contributed by atoms with Crippen molar-refractivity contribution in [1.82, 2.24) is 5.32 Å². The van der Waals surface area contributed by atoms with Gasteiger partial charge in [-0.3, -0.25) is 14.9 Å². The van der Waals surface area contributed by atoms with E-state index in [4.69, 9.17) is 11.6 Å². The van der Waals surface area contributed by atoms with Crippen LogP contribution >= 0.6 is 22.9 Å². The van der Waals surface area contributed by atoms with Gasteiger partial charge in [0.25, 0.3) is 11.8 Å². The monoisotopic (exact) mass is 360 g/mol. The van der Waals surface area contributed by atoms with E-state index in [2.05, 4.69) is 5.32 Å². The van der Waals surface area contributed by atoms with Crippen LogP contribution in [0.1, 0.15) is 16.0 Å². The molecule has 0 aliphatic carbocycles. The molecule has 2 heterocycles. The van der Waals surface area contributed by atoms with Gasteiger partial charge in [-0.2, -0.15) is 0 Å². The second-order valence-electron chi connectivity index (χ2n) is 5.45. The molecular weight excluding hydrogens is 348 g/mol. The number of nitrogens with zero attached hydrogens (tertiary/aromatic N) is 1. The number of amides is 4. The van der Waals surface area contributed by atoms with Crippen molar-refractivity contribution >= 4 is 52.5 Å². The van der Waals surface area contributed by atoms with Gasteiger partial charge in [-0.25, -0.2) is 9.69 Å². The maximum atomic E-state index is 12.7. The molecule has 4 amide bonds. The summed E-state index contributed by atoms with van der Waals surface area (Å²) < 4.78 is 0.549. The summed E-state index contributed by atoms with van der Waals surface area (Å²) in [5.41, 5.74) is 2.15. The van der Waals surface area contributed by atoms with E-state index in [-0.39, 0.29) is 5.57 Å². The van der Waals surface area contributed by atoms with Gasteiger partial charge in [0, 0.05) is 4.88 Å². The number of carbonyl (C=O) groups is 3. The van der Waals surface area contributed by atoms with Crippen LogP contribution in [0.4, 0.5) is 10.5 Å². The zero-order valence-corrected chi connectivity index (χ0v) is 14.5. The number of imide groups is 2. The Morgan fingerprint density at radius 2 is 1.75 bits per heavy atom. The average Bonchev–Trinajstić information content (AvgIpc) is 2.87. The van der Waals surface area contributed by atoms with Gasteiger partial charge in [-0.05, 0) is 55.3 Å². The number of anilines is 1. The molecule has 1 aliphatic heterocycles. The summed E-state index contributed by atoms with van der Waals surface area (Å²) in [6.45, 7) is 3.75. The lowest BCUT2D eigenvalue weighted by atomic mass is 10.1. The Labute approximate surface area is 147 Å². The number of aryl methyl sites for hydroxylation is 2. The van der Waals surface area contributed by atoms with Crippen LogP contribution < -0.4 is 10.2 Å². The fraction of sp³-hybridized carbons (Fsp3) is 0.118. The van der Waals surface area contributed by atoms with Crippen LogP contribution in [-0.4, -0.2) is 17.8 Å². The molecule has 5 nitrogen and oxygen atoms in total. The van der Waals surface area contributed by atoms with E-state index in [0.29, 0.717) is 14.9 Å². The highest BCUT2D eigenvalue weighted by Gasteiger charge is 2.37. The Hall–Kier alpha value is -2.44. The summed E-state index contributed by atoms with van der Waals surface area (Å²) in [6.07, 6.45) is 1.44. The van der Waals surface area contributed by atoms with Crippen LogP contribution in [0, 0.1) is 13.8 Å². The third kappa shape index (κ3) is 3.11. The first-order valence-electron chi connectivity index (χ1n) is 7.10. The maximum absolute atomic E-state index is 12.7. The number of barbiturate groups is 1. The van der Waals surface area contributed by atoms with Crippen molar-refractivity contribution < 1.29 is 14.4 Å². The topological polar surface area (TPSA) is 66.5 Å². The first-order valence-corrected chi connectivity index (χ1v) is 8.29. The first kappa shape index (κ1) is 16.4. The lowest BCUT2D eigenvalue weighted by Gasteiger charge is -2.26. The molecular formula is C17H13ClN2O3S. The second kappa shape index (κ2) is 6.22. The number of thiophene rings is 1. The summed E-state index contributed by atoms with van der Waals surface area (Å²) in [7, 11) is 0. The Morgan fingerprint density at radius 3 is 2.33 bits per heavy atom. The molecule has 1 aromatic carbocycles. The minimum Gasteiger partial charge on any atom is -0.273 e. The van der Waals surface area contributed by atoms with Crippen LogP contribution in [0.3, 0.4) is 0 Å². The van der Waals surface area contributed by atoms with Gasteiger partial charge in [0.2, 0.25) is 0 Å². The van der Waals surface area contributed by atoms with Gasteiger partial charge in [0.05, 0.1) is 10.0 Å². The third-order valence-corrected chi connectivity index (χ3v) is 4.63. The molecule has 1 aliphatic rings. The third-order valence-electron chi connectivity index (χ3n) is 3.45. The Kier molecular flexibility index (Phi) is 4.26. The van der Waals surface area contributed by atoms with Crippen molar-refractivity contribution in [3.05, 3.63) is 56.2 Å². The number of halogens is 1. The zero-order valence-electron chi connectivity index (χ0n) is 12.9. The van der Waals surface area contributed by atoms with Crippen LogP contribution in [0.15, 0.2) is 35.9 Å². The molecule has 1 saturated heterocycles. The Balaban J connectivity index is 2.04. The number of hydrogen-bond donors (Lipinski definition) is 1. The predicted octanol–water partition coefficient (Wildman–Crippen LogP) is 3.68. The number of urea groups is 1. The molecule has 0 saturated carbocycles. The van der Waals surface area contributed by atoms with Gasteiger partial charge in [-0.1, -0.05) is 17.7 Å². The standard InChI is InChI=1S/C17H13ClN2O3S/c1-9-5-10(2)7-11(6-9)20-16(22)13(15(21)19-17(20)23)8-12-3-4-14(18)24-12/h3-8H,1-2H3,(H,19,21,23)/b13-8+. The minimum atomic E-state index is -0.753. The molecule has 122 valence electrons. The van der Waals surface area contributed by atoms with E-state index in [9.17, 15) is 14.4 Å². The molecule has 0 radical (unpaired) electrons. The maximum Gasteiger partial charge on any atom is 0.335 e. The highest BCUT2D eigenvalue weighted by atomic mass is 35.5. The summed E-state index contributed by atoms with van der Waals surface area (Å²) >= 11 is 7.11. The normalized spacial score (nSPS) is 16.7. The van der Waals surface area contributed by atoms with E-state index in [1.165, 1.54) is 17.4 Å². The molecule has 7 heteroatoms. The molecule has 1 aromatic heterocycles. The quantitative estimate of drug-likeness (QED) is 0.656. The summed E-state index contributed by atoms with van der Waals surface area (Å²) in [6, 6.07) is 8.01. The molecule has 3 rings (SSSR count). The number of hydrogen-bond acceptors (Lipinski definition) is 4. The molecule has 0 unspecified atom stereocenters. The van der Waals surface area contributed by atoms with Gasteiger partial charge >= 0.3 is 6.03 Å². The van der Waals surface area contributed by atoms with E-state index in [1.54, 1.807) is 24.3 Å². The lowest BCUT2D eigenvalue weighted by Crippen LogP contribution is -2.54. The zero-order chi connectivity index (χ0) is 17.4. The van der Waals surface area contributed by atoms with Crippen molar-refractivity contribution in [2.24, 2.45) is 0 Å². The number of nitrogens with one attached hydrogen (secondary N) is 1. The van der Waals surface area contributed by atoms with Crippen LogP contribution in [0.25, 0.3) is 6.08 Å². The Bertz CT molecular complexity index is 881. The highest BCUT2D eigenvalue weighted by molar-refractivity contribution is 7.17. The predicted molar refractivity (Wildman–Crippen MR) is 94.2 cm³/mol. The first-order chi connectivity index (χ1) is 11.3. The van der Waals surface area contributed by atoms with Crippen molar-refractivity contribution in [1.29, 1.82) is 0 Å². The Morgan fingerprint density at radius 1 is 1.08 bits per heavy atom. The largest absolute Gasteiger partial charge is 0.335 e. The van der Waals surface area contributed by atoms with Crippen LogP contribution in [0.5, 0.6) is 0 Å². The summed E-state index contributed by atoms with van der Waals surface area (Å²) in [5.74, 6) is -1.37. The molecule has 1 N–H and O–H groups in total. The SMILES string of the molecule is Cc1cc(C)cc(N2C(=O)NC(=O)/C(=C\c3ccc(Cl)s3)C2=O)c1. The minimum absolute atomic E-state index is 0.104. The number of rotatable bonds is 2. The number of carbonyl (C=O) groups excluding carboxylic acids is 3. The van der Waals surface area contributed by atoms with Crippen molar-refractivity contribution in [2.75, 3.05) is 4.90 Å². The van der Waals surface area contributed by atoms with Crippen molar-refractivity contribution in [3.63, 3.8) is 0 Å². The fourth-order valence-corrected chi connectivity index (χ4v) is 3.52. The van der Waals surface area contributed by atoms with E-state index in [0.717, 1.165) is 16.0 Å². The van der Waals surface area contributed by atoms with Crippen LogP contribution in [0.2, 0.25) is 4.34 Å². The summed E-state index contributed by atoms with van der Waals surface area (Å²) in [5, 5.41) is 2.20. The van der Waals surface area contributed by atoms with E-state index >= 15 is 0 Å². The van der Waals surface area contributed by atoms with Crippen molar-refractivity contribution in [2.45, 2.75) is 13.8 Å². The number of benzene rings is 1. The molecule has 0 atom stereocenters. The smallest absolute Gasteiger partial charge is 0.273 e. The van der Waals surface area contributed by atoms with Gasteiger partial charge < -0.3 is 0 Å². The summed E-state index contributed by atoms with van der Waals surface area (Å²) in [4.78, 5) is 38.6. The molecule has 0 spiro atoms. The molecule has 24 heavy (non-hydrogen) atoms. The highest BCUT2D eigenvalue weighted by Crippen LogP contribution is 2.27. The van der Waals surface area contributed by atoms with E-state index in [1.807, 2.05) is 19.9 Å². The van der Waals surface area contributed by atoms with Gasteiger partial charge in [0.1, 0.15) is 5.57 Å². The van der Waals surface area contributed by atoms with Gasteiger partial charge in [0.15, 0.2) is 0 Å².